The first-order valence-corrected chi connectivity index (χ1v) is 9.11. The van der Waals surface area contributed by atoms with Gasteiger partial charge in [-0.05, 0) is 69.1 Å². The van der Waals surface area contributed by atoms with Crippen LogP contribution in [0.25, 0.3) is 0 Å². The van der Waals surface area contributed by atoms with Gasteiger partial charge >= 0.3 is 0 Å². The minimum absolute atomic E-state index is 0.0199. The van der Waals surface area contributed by atoms with Crippen LogP contribution in [0.3, 0.4) is 0 Å². The van der Waals surface area contributed by atoms with Crippen molar-refractivity contribution in [1.29, 1.82) is 0 Å². The zero-order valence-electron chi connectivity index (χ0n) is 16.7. The minimum Gasteiger partial charge on any atom is -0.392 e. The molecule has 0 spiro atoms. The van der Waals surface area contributed by atoms with E-state index in [9.17, 15) is 5.11 Å². The molecule has 1 rings (SSSR count). The molecule has 0 aromatic rings. The summed E-state index contributed by atoms with van der Waals surface area (Å²) in [5.74, 6) is 5.70. The molecule has 2 N–H and O–H groups in total. The van der Waals surface area contributed by atoms with E-state index in [0.717, 1.165) is 17.6 Å². The summed E-state index contributed by atoms with van der Waals surface area (Å²) in [6.07, 6.45) is 7.60. The zero-order valence-corrected chi connectivity index (χ0v) is 16.7. The van der Waals surface area contributed by atoms with Crippen molar-refractivity contribution in [3.63, 3.8) is 0 Å². The average Bonchev–Trinajstić information content (AvgIpc) is 2.53. The number of rotatable bonds is 4. The van der Waals surface area contributed by atoms with E-state index >= 15 is 0 Å². The Morgan fingerprint density at radius 3 is 2.42 bits per heavy atom. The number of allylic oxidation sites excluding steroid dienone is 4. The van der Waals surface area contributed by atoms with E-state index in [2.05, 4.69) is 38.7 Å². The molecule has 0 bridgehead atoms. The van der Waals surface area contributed by atoms with E-state index in [1.807, 2.05) is 27.7 Å². The van der Waals surface area contributed by atoms with E-state index in [4.69, 9.17) is 5.11 Å². The third-order valence-corrected chi connectivity index (χ3v) is 4.55. The Hall–Kier alpha value is -1.30. The summed E-state index contributed by atoms with van der Waals surface area (Å²) in [6.45, 7) is 14.6. The van der Waals surface area contributed by atoms with Gasteiger partial charge in [-0.15, -0.1) is 0 Å². The topological polar surface area (TPSA) is 40.5 Å². The van der Waals surface area contributed by atoms with Crippen LogP contribution in [0, 0.1) is 17.3 Å². The van der Waals surface area contributed by atoms with Crippen molar-refractivity contribution >= 4 is 0 Å². The molecule has 0 heterocycles. The molecule has 0 aromatic carbocycles. The smallest absolute Gasteiger partial charge is 0.136 e. The molecular formula is C22H36O2. The number of hydrogen-bond acceptors (Lipinski definition) is 2. The number of aliphatic hydroxyl groups excluding tert-OH is 2. The Bertz CT molecular complexity index is 536. The van der Waals surface area contributed by atoms with Gasteiger partial charge in [-0.25, -0.2) is 0 Å². The van der Waals surface area contributed by atoms with Crippen molar-refractivity contribution in [2.75, 3.05) is 6.61 Å². The predicted octanol–water partition coefficient (Wildman–Crippen LogP) is 5.18. The van der Waals surface area contributed by atoms with Crippen molar-refractivity contribution in [2.45, 2.75) is 80.3 Å². The van der Waals surface area contributed by atoms with E-state index in [1.165, 1.54) is 30.4 Å². The van der Waals surface area contributed by atoms with Gasteiger partial charge in [0.15, 0.2) is 0 Å². The van der Waals surface area contributed by atoms with Crippen LogP contribution in [-0.2, 0) is 0 Å². The molecule has 136 valence electrons. The zero-order chi connectivity index (χ0) is 18.8. The fourth-order valence-corrected chi connectivity index (χ4v) is 2.98. The van der Waals surface area contributed by atoms with Crippen molar-refractivity contribution in [1.82, 2.24) is 0 Å². The monoisotopic (exact) mass is 332 g/mol. The molecule has 0 aliphatic heterocycles. The van der Waals surface area contributed by atoms with Crippen molar-refractivity contribution in [3.05, 3.63) is 34.4 Å². The summed E-state index contributed by atoms with van der Waals surface area (Å²) in [4.78, 5) is 0. The van der Waals surface area contributed by atoms with Crippen LogP contribution in [0.5, 0.6) is 0 Å². The standard InChI is InChI=1S/C20H30O2.C2H6/c1-15(12-14-21)8-11-19(22)17(3)9-10-18-16(2)7-6-13-20(18,4)5;1-2/h9,12,19,21-22H,6-7,10,13-14H2,1-5H3;1-2H3/b15-12+,17-9+;. The van der Waals surface area contributed by atoms with Gasteiger partial charge < -0.3 is 10.2 Å². The van der Waals surface area contributed by atoms with E-state index in [-0.39, 0.29) is 12.0 Å². The first-order chi connectivity index (χ1) is 11.3. The lowest BCUT2D eigenvalue weighted by molar-refractivity contribution is 0.267. The van der Waals surface area contributed by atoms with E-state index < -0.39 is 6.10 Å². The maximum absolute atomic E-state index is 10.1. The summed E-state index contributed by atoms with van der Waals surface area (Å²) < 4.78 is 0. The molecule has 0 aromatic heterocycles. The number of hydrogen-bond donors (Lipinski definition) is 2. The van der Waals surface area contributed by atoms with Gasteiger partial charge in [0.05, 0.1) is 6.61 Å². The van der Waals surface area contributed by atoms with E-state index in [1.54, 1.807) is 6.08 Å². The molecule has 0 saturated carbocycles. The van der Waals surface area contributed by atoms with Crippen LogP contribution in [0.1, 0.15) is 74.1 Å². The third kappa shape index (κ3) is 7.51. The largest absolute Gasteiger partial charge is 0.392 e. The fourth-order valence-electron chi connectivity index (χ4n) is 2.98. The van der Waals surface area contributed by atoms with Gasteiger partial charge in [-0.1, -0.05) is 56.8 Å². The lowest BCUT2D eigenvalue weighted by Gasteiger charge is -2.34. The molecule has 2 nitrogen and oxygen atoms in total. The molecule has 0 amide bonds. The Kier molecular flexibility index (Phi) is 10.7. The highest BCUT2D eigenvalue weighted by Gasteiger charge is 2.27. The van der Waals surface area contributed by atoms with Crippen LogP contribution in [0.4, 0.5) is 0 Å². The second kappa shape index (κ2) is 11.3. The Morgan fingerprint density at radius 2 is 1.88 bits per heavy atom. The van der Waals surface area contributed by atoms with Gasteiger partial charge in [0.25, 0.3) is 0 Å². The summed E-state index contributed by atoms with van der Waals surface area (Å²) in [5, 5.41) is 18.9. The molecule has 1 aliphatic rings. The lowest BCUT2D eigenvalue weighted by Crippen LogP contribution is -2.20. The maximum atomic E-state index is 10.1. The van der Waals surface area contributed by atoms with Gasteiger partial charge in [-0.2, -0.15) is 0 Å². The van der Waals surface area contributed by atoms with Gasteiger partial charge in [0.1, 0.15) is 6.10 Å². The molecule has 1 aliphatic carbocycles. The summed E-state index contributed by atoms with van der Waals surface area (Å²) in [7, 11) is 0. The highest BCUT2D eigenvalue weighted by molar-refractivity contribution is 5.32. The molecular weight excluding hydrogens is 296 g/mol. The van der Waals surface area contributed by atoms with Crippen LogP contribution >= 0.6 is 0 Å². The van der Waals surface area contributed by atoms with Crippen LogP contribution in [-0.4, -0.2) is 22.9 Å². The predicted molar refractivity (Wildman–Crippen MR) is 105 cm³/mol. The molecule has 1 atom stereocenters. The van der Waals surface area contributed by atoms with Gasteiger partial charge in [0, 0.05) is 0 Å². The van der Waals surface area contributed by atoms with Crippen molar-refractivity contribution in [2.24, 2.45) is 5.41 Å². The van der Waals surface area contributed by atoms with Gasteiger partial charge in [0.2, 0.25) is 0 Å². The summed E-state index contributed by atoms with van der Waals surface area (Å²) in [5.41, 5.74) is 4.94. The summed E-state index contributed by atoms with van der Waals surface area (Å²) in [6, 6.07) is 0. The molecule has 0 fully saturated rings. The first-order valence-electron chi connectivity index (χ1n) is 9.11. The average molecular weight is 333 g/mol. The molecule has 24 heavy (non-hydrogen) atoms. The van der Waals surface area contributed by atoms with E-state index in [0.29, 0.717) is 0 Å². The minimum atomic E-state index is -0.741. The highest BCUT2D eigenvalue weighted by atomic mass is 16.3. The van der Waals surface area contributed by atoms with Crippen molar-refractivity contribution in [3.8, 4) is 11.8 Å². The Balaban J connectivity index is 0.00000254. The quantitative estimate of drug-likeness (QED) is 0.550. The van der Waals surface area contributed by atoms with Gasteiger partial charge in [-0.3, -0.25) is 0 Å². The molecule has 1 unspecified atom stereocenters. The molecule has 0 radical (unpaired) electrons. The fraction of sp³-hybridized carbons (Fsp3) is 0.636. The SMILES string of the molecule is CC.CC1=C(C/C=C(\C)C(O)C#C/C(C)=C/CO)C(C)(C)CCC1. The van der Waals surface area contributed by atoms with Crippen LogP contribution in [0.2, 0.25) is 0 Å². The highest BCUT2D eigenvalue weighted by Crippen LogP contribution is 2.42. The van der Waals surface area contributed by atoms with Crippen molar-refractivity contribution < 1.29 is 10.2 Å². The maximum Gasteiger partial charge on any atom is 0.136 e. The lowest BCUT2D eigenvalue weighted by atomic mass is 9.71. The second-order valence-corrected chi connectivity index (χ2v) is 6.89. The molecule has 2 heteroatoms. The third-order valence-electron chi connectivity index (χ3n) is 4.55. The molecule has 0 saturated heterocycles. The Morgan fingerprint density at radius 1 is 1.25 bits per heavy atom. The number of aliphatic hydroxyl groups is 2. The normalized spacial score (nSPS) is 19.0. The van der Waals surface area contributed by atoms with Crippen LogP contribution < -0.4 is 0 Å². The summed E-state index contributed by atoms with van der Waals surface area (Å²) >= 11 is 0. The second-order valence-electron chi connectivity index (χ2n) is 6.89. The van der Waals surface area contributed by atoms with Crippen LogP contribution in [0.15, 0.2) is 34.4 Å². The Labute approximate surface area is 149 Å². The first kappa shape index (κ1) is 22.7.